The molecular weight excluding hydrogens is 506 g/mol. The molecule has 0 saturated heterocycles. The molecule has 0 aliphatic rings. The molecule has 0 aliphatic heterocycles. The topological polar surface area (TPSA) is 49.4 Å². The molecule has 0 spiro atoms. The number of carbonyl (C=O) groups excluding carboxylic acids is 2. The Morgan fingerprint density at radius 2 is 1.79 bits per heavy atom. The van der Waals surface area contributed by atoms with E-state index in [1.807, 2.05) is 20.8 Å². The van der Waals surface area contributed by atoms with E-state index in [1.165, 1.54) is 23.9 Å². The largest absolute Gasteiger partial charge is 0.352 e. The SMILES string of the molecule is CC[C@@H](C)NC(=O)[C@H](CC)N(Cc1ccc(Cl)c(Cl)c1)C(=O)CSCc1c(F)cccc1Cl. The summed E-state index contributed by atoms with van der Waals surface area (Å²) in [6, 6.07) is 8.96. The minimum Gasteiger partial charge on any atom is -0.352 e. The minimum absolute atomic E-state index is 0.00829. The number of amides is 2. The summed E-state index contributed by atoms with van der Waals surface area (Å²) >= 11 is 19.5. The van der Waals surface area contributed by atoms with E-state index in [2.05, 4.69) is 5.32 Å². The molecule has 180 valence electrons. The van der Waals surface area contributed by atoms with Crippen molar-refractivity contribution >= 4 is 58.4 Å². The first-order chi connectivity index (χ1) is 15.7. The number of hydrogen-bond donors (Lipinski definition) is 1. The van der Waals surface area contributed by atoms with E-state index in [0.717, 1.165) is 12.0 Å². The zero-order chi connectivity index (χ0) is 24.5. The summed E-state index contributed by atoms with van der Waals surface area (Å²) in [5.41, 5.74) is 1.12. The second-order valence-corrected chi connectivity index (χ2v) is 9.91. The Morgan fingerprint density at radius 3 is 2.39 bits per heavy atom. The van der Waals surface area contributed by atoms with E-state index >= 15 is 0 Å². The maximum absolute atomic E-state index is 14.1. The lowest BCUT2D eigenvalue weighted by atomic mass is 10.1. The second-order valence-electron chi connectivity index (χ2n) is 7.71. The maximum Gasteiger partial charge on any atom is 0.243 e. The molecule has 0 saturated carbocycles. The molecule has 4 nitrogen and oxygen atoms in total. The van der Waals surface area contributed by atoms with Crippen LogP contribution in [-0.4, -0.2) is 34.6 Å². The van der Waals surface area contributed by atoms with Crippen LogP contribution in [0, 0.1) is 5.82 Å². The maximum atomic E-state index is 14.1. The quantitative estimate of drug-likeness (QED) is 0.348. The van der Waals surface area contributed by atoms with Crippen LogP contribution in [-0.2, 0) is 21.9 Å². The first-order valence-corrected chi connectivity index (χ1v) is 13.0. The summed E-state index contributed by atoms with van der Waals surface area (Å²) in [7, 11) is 0. The molecule has 33 heavy (non-hydrogen) atoms. The smallest absolute Gasteiger partial charge is 0.243 e. The van der Waals surface area contributed by atoms with Crippen LogP contribution in [0.25, 0.3) is 0 Å². The highest BCUT2D eigenvalue weighted by molar-refractivity contribution is 7.99. The van der Waals surface area contributed by atoms with Crippen LogP contribution >= 0.6 is 46.6 Å². The highest BCUT2D eigenvalue weighted by Gasteiger charge is 2.29. The van der Waals surface area contributed by atoms with Crippen LogP contribution in [0.3, 0.4) is 0 Å². The number of benzene rings is 2. The summed E-state index contributed by atoms with van der Waals surface area (Å²) in [6.45, 7) is 5.96. The zero-order valence-corrected chi connectivity index (χ0v) is 21.9. The van der Waals surface area contributed by atoms with Gasteiger partial charge >= 0.3 is 0 Å². The van der Waals surface area contributed by atoms with Crippen LogP contribution in [0.2, 0.25) is 15.1 Å². The first kappa shape index (κ1) is 27.8. The summed E-state index contributed by atoms with van der Waals surface area (Å²) < 4.78 is 14.1. The molecule has 0 fully saturated rings. The first-order valence-electron chi connectivity index (χ1n) is 10.7. The van der Waals surface area contributed by atoms with Gasteiger partial charge in [0, 0.05) is 28.9 Å². The standard InChI is InChI=1S/C24H28Cl3FN2O2S/c1-4-15(3)29-24(32)22(5-2)30(12-16-9-10-19(26)20(27)11-16)23(31)14-33-13-17-18(25)7-6-8-21(17)28/h6-11,15,22H,4-5,12-14H2,1-3H3,(H,29,32)/t15-,22+/m1/s1. The number of halogens is 4. The Bertz CT molecular complexity index is 956. The molecule has 0 aromatic heterocycles. The Balaban J connectivity index is 2.21. The molecular formula is C24H28Cl3FN2O2S. The third-order valence-corrected chi connectivity index (χ3v) is 7.29. The van der Waals surface area contributed by atoms with Crippen molar-refractivity contribution in [1.29, 1.82) is 0 Å². The van der Waals surface area contributed by atoms with Gasteiger partial charge in [0.05, 0.1) is 15.8 Å². The average Bonchev–Trinajstić information content (AvgIpc) is 2.77. The van der Waals surface area contributed by atoms with E-state index in [-0.39, 0.29) is 35.9 Å². The van der Waals surface area contributed by atoms with Crippen LogP contribution in [0.15, 0.2) is 36.4 Å². The number of nitrogens with one attached hydrogen (secondary N) is 1. The normalized spacial score (nSPS) is 12.8. The lowest BCUT2D eigenvalue weighted by molar-refractivity contribution is -0.139. The van der Waals surface area contributed by atoms with Crippen molar-refractivity contribution in [2.75, 3.05) is 5.75 Å². The predicted octanol–water partition coefficient (Wildman–Crippen LogP) is 6.74. The molecule has 2 aromatic rings. The van der Waals surface area contributed by atoms with Gasteiger partial charge < -0.3 is 10.2 Å². The zero-order valence-electron chi connectivity index (χ0n) is 18.8. The number of rotatable bonds is 11. The van der Waals surface area contributed by atoms with Gasteiger partial charge in [-0.3, -0.25) is 9.59 Å². The second kappa shape index (κ2) is 13.4. The number of hydrogen-bond acceptors (Lipinski definition) is 3. The Labute approximate surface area is 214 Å². The van der Waals surface area contributed by atoms with Gasteiger partial charge in [-0.15, -0.1) is 11.8 Å². The van der Waals surface area contributed by atoms with Gasteiger partial charge in [0.15, 0.2) is 0 Å². The molecule has 2 amide bonds. The van der Waals surface area contributed by atoms with E-state index in [4.69, 9.17) is 34.8 Å². The van der Waals surface area contributed by atoms with Crippen LogP contribution in [0.4, 0.5) is 4.39 Å². The van der Waals surface area contributed by atoms with Crippen molar-refractivity contribution in [3.63, 3.8) is 0 Å². The average molecular weight is 534 g/mol. The molecule has 2 aromatic carbocycles. The molecule has 0 bridgehead atoms. The fourth-order valence-electron chi connectivity index (χ4n) is 3.19. The molecule has 9 heteroatoms. The van der Waals surface area contributed by atoms with Crippen molar-refractivity contribution < 1.29 is 14.0 Å². The lowest BCUT2D eigenvalue weighted by Crippen LogP contribution is -2.51. The molecule has 1 N–H and O–H groups in total. The van der Waals surface area contributed by atoms with E-state index in [0.29, 0.717) is 27.1 Å². The Hall–Kier alpha value is -1.47. The van der Waals surface area contributed by atoms with E-state index < -0.39 is 11.9 Å². The van der Waals surface area contributed by atoms with Gasteiger partial charge in [-0.1, -0.05) is 60.8 Å². The van der Waals surface area contributed by atoms with Gasteiger partial charge in [-0.2, -0.15) is 0 Å². The number of nitrogens with zero attached hydrogens (tertiary/aromatic N) is 1. The Morgan fingerprint density at radius 1 is 1.06 bits per heavy atom. The third kappa shape index (κ3) is 8.06. The van der Waals surface area contributed by atoms with Crippen molar-refractivity contribution in [3.05, 3.63) is 68.4 Å². The number of carbonyl (C=O) groups is 2. The molecule has 0 radical (unpaired) electrons. The monoisotopic (exact) mass is 532 g/mol. The molecule has 0 unspecified atom stereocenters. The molecule has 2 atom stereocenters. The van der Waals surface area contributed by atoms with Crippen molar-refractivity contribution in [1.82, 2.24) is 10.2 Å². The van der Waals surface area contributed by atoms with Crippen molar-refractivity contribution in [2.24, 2.45) is 0 Å². The van der Waals surface area contributed by atoms with E-state index in [9.17, 15) is 14.0 Å². The van der Waals surface area contributed by atoms with Gasteiger partial charge in [0.25, 0.3) is 0 Å². The van der Waals surface area contributed by atoms with Crippen LogP contribution in [0.1, 0.15) is 44.7 Å². The van der Waals surface area contributed by atoms with Crippen LogP contribution in [0.5, 0.6) is 0 Å². The minimum atomic E-state index is -0.654. The summed E-state index contributed by atoms with van der Waals surface area (Å²) in [4.78, 5) is 27.8. The van der Waals surface area contributed by atoms with Gasteiger partial charge in [-0.25, -0.2) is 4.39 Å². The fraction of sp³-hybridized carbons (Fsp3) is 0.417. The third-order valence-electron chi connectivity index (χ3n) is 5.26. The van der Waals surface area contributed by atoms with Crippen LogP contribution < -0.4 is 5.32 Å². The Kier molecular flexibility index (Phi) is 11.3. The van der Waals surface area contributed by atoms with Gasteiger partial charge in [0.2, 0.25) is 11.8 Å². The lowest BCUT2D eigenvalue weighted by Gasteiger charge is -2.31. The molecule has 0 heterocycles. The highest BCUT2D eigenvalue weighted by atomic mass is 35.5. The van der Waals surface area contributed by atoms with Crippen molar-refractivity contribution in [3.8, 4) is 0 Å². The molecule has 2 rings (SSSR count). The van der Waals surface area contributed by atoms with Crippen molar-refractivity contribution in [2.45, 2.75) is 58.0 Å². The molecule has 0 aliphatic carbocycles. The predicted molar refractivity (Wildman–Crippen MR) is 137 cm³/mol. The number of thioether (sulfide) groups is 1. The van der Waals surface area contributed by atoms with Gasteiger partial charge in [0.1, 0.15) is 11.9 Å². The highest BCUT2D eigenvalue weighted by Crippen LogP contribution is 2.26. The summed E-state index contributed by atoms with van der Waals surface area (Å²) in [6.07, 6.45) is 1.22. The summed E-state index contributed by atoms with van der Waals surface area (Å²) in [5, 5.41) is 4.08. The van der Waals surface area contributed by atoms with Gasteiger partial charge in [-0.05, 0) is 49.6 Å². The van der Waals surface area contributed by atoms with E-state index in [1.54, 1.807) is 29.2 Å². The summed E-state index contributed by atoms with van der Waals surface area (Å²) in [5.74, 6) is -0.533. The fourth-order valence-corrected chi connectivity index (χ4v) is 4.76.